The number of carboxylic acid groups (broad SMARTS) is 1. The minimum atomic E-state index is -4.87. The SMILES string of the molecule is CNC(=O)c1cccc(-c2cc(Cl)ccc2[C@@H](Oc2cc(N3CCC4(CC3)CN[C@H](C(=O)O)C4)nc(N)n2)C(F)(F)F)c1. The second kappa shape index (κ2) is 11.9. The number of halogens is 4. The highest BCUT2D eigenvalue weighted by molar-refractivity contribution is 6.30. The Morgan fingerprint density at radius 3 is 2.58 bits per heavy atom. The van der Waals surface area contributed by atoms with Crippen LogP contribution in [-0.2, 0) is 4.79 Å². The Labute approximate surface area is 250 Å². The number of nitrogens with zero attached hydrogens (tertiary/aromatic N) is 3. The maximum Gasteiger partial charge on any atom is 0.429 e. The summed E-state index contributed by atoms with van der Waals surface area (Å²) in [6.07, 6.45) is -5.45. The van der Waals surface area contributed by atoms with E-state index in [1.165, 1.54) is 37.4 Å². The van der Waals surface area contributed by atoms with Gasteiger partial charge in [-0.3, -0.25) is 9.59 Å². The van der Waals surface area contributed by atoms with Crippen molar-refractivity contribution in [1.29, 1.82) is 0 Å². The summed E-state index contributed by atoms with van der Waals surface area (Å²) in [5, 5.41) is 15.1. The van der Waals surface area contributed by atoms with Gasteiger partial charge in [0.1, 0.15) is 11.9 Å². The van der Waals surface area contributed by atoms with Gasteiger partial charge in [0.05, 0.1) is 0 Å². The van der Waals surface area contributed by atoms with E-state index >= 15 is 0 Å². The molecule has 3 aromatic rings. The maximum atomic E-state index is 14.6. The van der Waals surface area contributed by atoms with Crippen molar-refractivity contribution in [2.24, 2.45) is 5.41 Å². The molecular formula is C29H30ClF3N6O4. The predicted molar refractivity (Wildman–Crippen MR) is 154 cm³/mol. The average molecular weight is 619 g/mol. The molecule has 10 nitrogen and oxygen atoms in total. The fourth-order valence-electron chi connectivity index (χ4n) is 5.74. The Balaban J connectivity index is 1.43. The molecule has 3 heterocycles. The highest BCUT2D eigenvalue weighted by Gasteiger charge is 2.46. The van der Waals surface area contributed by atoms with E-state index in [1.807, 2.05) is 4.90 Å². The van der Waals surface area contributed by atoms with Gasteiger partial charge in [0.25, 0.3) is 5.91 Å². The van der Waals surface area contributed by atoms with Gasteiger partial charge in [0.15, 0.2) is 0 Å². The number of rotatable bonds is 7. The summed E-state index contributed by atoms with van der Waals surface area (Å²) in [7, 11) is 1.46. The van der Waals surface area contributed by atoms with E-state index in [9.17, 15) is 27.9 Å². The number of carbonyl (C=O) groups excluding carboxylic acids is 1. The summed E-state index contributed by atoms with van der Waals surface area (Å²) >= 11 is 6.19. The molecule has 0 saturated carbocycles. The van der Waals surface area contributed by atoms with Crippen LogP contribution in [0.15, 0.2) is 48.5 Å². The van der Waals surface area contributed by atoms with Gasteiger partial charge in [0.2, 0.25) is 17.9 Å². The quantitative estimate of drug-likeness (QED) is 0.302. The summed E-state index contributed by atoms with van der Waals surface area (Å²) in [6, 6.07) is 10.9. The van der Waals surface area contributed by atoms with E-state index < -0.39 is 30.2 Å². The van der Waals surface area contributed by atoms with E-state index in [0.717, 1.165) is 0 Å². The van der Waals surface area contributed by atoms with Gasteiger partial charge >= 0.3 is 12.1 Å². The number of nitrogens with one attached hydrogen (secondary N) is 2. The van der Waals surface area contributed by atoms with Crippen molar-refractivity contribution in [1.82, 2.24) is 20.6 Å². The molecule has 2 aromatic carbocycles. The summed E-state index contributed by atoms with van der Waals surface area (Å²) < 4.78 is 49.4. The van der Waals surface area contributed by atoms with Gasteiger partial charge in [-0.2, -0.15) is 23.1 Å². The third-order valence-corrected chi connectivity index (χ3v) is 8.24. The summed E-state index contributed by atoms with van der Waals surface area (Å²) in [6.45, 7) is 1.60. The average Bonchev–Trinajstić information content (AvgIpc) is 3.39. The molecule has 2 saturated heterocycles. The summed E-state index contributed by atoms with van der Waals surface area (Å²) in [4.78, 5) is 33.6. The van der Waals surface area contributed by atoms with Crippen LogP contribution in [0.4, 0.5) is 24.9 Å². The van der Waals surface area contributed by atoms with Gasteiger partial charge in [0, 0.05) is 48.9 Å². The van der Waals surface area contributed by atoms with Crippen LogP contribution in [0.25, 0.3) is 11.1 Å². The van der Waals surface area contributed by atoms with Crippen LogP contribution in [0.2, 0.25) is 5.02 Å². The van der Waals surface area contributed by atoms with Crippen LogP contribution in [-0.4, -0.2) is 65.9 Å². The number of carbonyl (C=O) groups is 2. The molecule has 0 aliphatic carbocycles. The lowest BCUT2D eigenvalue weighted by molar-refractivity contribution is -0.198. The molecule has 5 N–H and O–H groups in total. The first-order valence-electron chi connectivity index (χ1n) is 13.6. The number of alkyl halides is 3. The minimum Gasteiger partial charge on any atom is -0.480 e. The lowest BCUT2D eigenvalue weighted by atomic mass is 9.76. The van der Waals surface area contributed by atoms with Gasteiger partial charge in [-0.05, 0) is 60.1 Å². The number of amides is 1. The Morgan fingerprint density at radius 1 is 1.19 bits per heavy atom. The normalized spacial score (nSPS) is 18.8. The van der Waals surface area contributed by atoms with Crippen LogP contribution >= 0.6 is 11.6 Å². The van der Waals surface area contributed by atoms with Crippen molar-refractivity contribution in [3.8, 4) is 17.0 Å². The molecule has 43 heavy (non-hydrogen) atoms. The monoisotopic (exact) mass is 618 g/mol. The number of piperidine rings is 1. The lowest BCUT2D eigenvalue weighted by Gasteiger charge is -2.39. The Bertz CT molecular complexity index is 1530. The van der Waals surface area contributed by atoms with Crippen molar-refractivity contribution in [3.63, 3.8) is 0 Å². The van der Waals surface area contributed by atoms with Crippen LogP contribution in [0.3, 0.4) is 0 Å². The van der Waals surface area contributed by atoms with Crippen molar-refractivity contribution in [2.45, 2.75) is 37.6 Å². The fourth-order valence-corrected chi connectivity index (χ4v) is 5.91. The van der Waals surface area contributed by atoms with Crippen LogP contribution in [0.5, 0.6) is 5.88 Å². The third kappa shape index (κ3) is 6.62. The van der Waals surface area contributed by atoms with E-state index in [0.29, 0.717) is 50.3 Å². The number of nitrogen functional groups attached to an aromatic ring is 1. The number of hydrogen-bond donors (Lipinski definition) is 4. The molecule has 0 unspecified atom stereocenters. The third-order valence-electron chi connectivity index (χ3n) is 8.01. The fraction of sp³-hybridized carbons (Fsp3) is 0.379. The maximum absolute atomic E-state index is 14.6. The number of ether oxygens (including phenoxy) is 1. The van der Waals surface area contributed by atoms with Crippen LogP contribution < -0.4 is 26.0 Å². The first kappa shape index (κ1) is 30.4. The first-order valence-corrected chi connectivity index (χ1v) is 14.0. The number of benzene rings is 2. The van der Waals surface area contributed by atoms with E-state index in [1.54, 1.807) is 18.2 Å². The summed E-state index contributed by atoms with van der Waals surface area (Å²) in [5.74, 6) is -1.58. The smallest absolute Gasteiger partial charge is 0.429 e. The molecule has 2 aliphatic heterocycles. The number of aromatic nitrogens is 2. The molecule has 228 valence electrons. The first-order chi connectivity index (χ1) is 20.4. The Hall–Kier alpha value is -4.10. The molecule has 1 amide bonds. The molecule has 2 aliphatic rings. The molecular weight excluding hydrogens is 589 g/mol. The Kier molecular flexibility index (Phi) is 8.39. The van der Waals surface area contributed by atoms with Crippen molar-refractivity contribution in [2.75, 3.05) is 37.3 Å². The van der Waals surface area contributed by atoms with Gasteiger partial charge < -0.3 is 31.1 Å². The molecule has 2 atom stereocenters. The molecule has 14 heteroatoms. The van der Waals surface area contributed by atoms with Crippen LogP contribution in [0, 0.1) is 5.41 Å². The number of carboxylic acids is 1. The zero-order valence-corrected chi connectivity index (χ0v) is 23.9. The second-order valence-electron chi connectivity index (χ2n) is 10.8. The van der Waals surface area contributed by atoms with Gasteiger partial charge in [-0.1, -0.05) is 29.8 Å². The number of anilines is 2. The minimum absolute atomic E-state index is 0.133. The topological polar surface area (TPSA) is 143 Å². The van der Waals surface area contributed by atoms with Crippen molar-refractivity contribution < 1.29 is 32.6 Å². The second-order valence-corrected chi connectivity index (χ2v) is 11.3. The largest absolute Gasteiger partial charge is 0.480 e. The summed E-state index contributed by atoms with van der Waals surface area (Å²) in [5.41, 5.74) is 6.25. The van der Waals surface area contributed by atoms with Gasteiger partial charge in [-0.15, -0.1) is 0 Å². The van der Waals surface area contributed by atoms with Crippen molar-refractivity contribution >= 4 is 35.2 Å². The van der Waals surface area contributed by atoms with Gasteiger partial charge in [-0.25, -0.2) is 0 Å². The Morgan fingerprint density at radius 2 is 1.93 bits per heavy atom. The predicted octanol–water partition coefficient (Wildman–Crippen LogP) is 4.45. The zero-order valence-electron chi connectivity index (χ0n) is 23.1. The van der Waals surface area contributed by atoms with E-state index in [2.05, 4.69) is 20.6 Å². The number of hydrogen-bond acceptors (Lipinski definition) is 8. The number of nitrogens with two attached hydrogens (primary N) is 1. The van der Waals surface area contributed by atoms with E-state index in [4.69, 9.17) is 22.1 Å². The zero-order chi connectivity index (χ0) is 30.9. The molecule has 0 bridgehead atoms. The molecule has 1 spiro atoms. The molecule has 5 rings (SSSR count). The highest BCUT2D eigenvalue weighted by atomic mass is 35.5. The highest BCUT2D eigenvalue weighted by Crippen LogP contribution is 2.43. The van der Waals surface area contributed by atoms with Crippen molar-refractivity contribution in [3.05, 3.63) is 64.7 Å². The number of aliphatic carboxylic acids is 1. The molecule has 2 fully saturated rings. The van der Waals surface area contributed by atoms with Crippen LogP contribution in [0.1, 0.15) is 41.3 Å². The van der Waals surface area contributed by atoms with E-state index in [-0.39, 0.29) is 39.0 Å². The molecule has 1 aromatic heterocycles. The standard InChI is InChI=1S/C29H30ClF3N6O4/c1-35-25(40)17-4-2-3-16(11-17)20-12-18(30)5-6-19(20)24(29(31,32)33)43-23-13-22(37-27(34)38-23)39-9-7-28(8-10-39)14-21(26(41)42)36-15-28/h2-6,11-13,21,24,36H,7-10,14-15H2,1H3,(H,35,40)(H,41,42)(H2,34,37,38)/t21-,24+/m0/s1. The lowest BCUT2D eigenvalue weighted by Crippen LogP contribution is -2.41. The molecule has 0 radical (unpaired) electrons.